The largest absolute Gasteiger partial charge is 0.465 e. The maximum atomic E-state index is 13.5. The summed E-state index contributed by atoms with van der Waals surface area (Å²) in [6.07, 6.45) is 2.51. The van der Waals surface area contributed by atoms with Gasteiger partial charge in [0.15, 0.2) is 0 Å². The number of nitrogens with two attached hydrogens (primary N) is 1. The molecule has 6 rings (SSSR count). The Morgan fingerprint density at radius 3 is 2.47 bits per heavy atom. The van der Waals surface area contributed by atoms with Crippen molar-refractivity contribution < 1.29 is 14.3 Å². The monoisotopic (exact) mass is 539 g/mol. The van der Waals surface area contributed by atoms with E-state index in [4.69, 9.17) is 15.5 Å². The van der Waals surface area contributed by atoms with Gasteiger partial charge in [-0.3, -0.25) is 4.79 Å². The van der Waals surface area contributed by atoms with Gasteiger partial charge in [-0.05, 0) is 48.4 Å². The number of nitrogens with one attached hydrogen (secondary N) is 1. The predicted octanol–water partition coefficient (Wildman–Crippen LogP) is 6.92. The highest BCUT2D eigenvalue weighted by Crippen LogP contribution is 2.43. The van der Waals surface area contributed by atoms with Crippen LogP contribution < -0.4 is 11.1 Å². The number of pyridine rings is 1. The van der Waals surface area contributed by atoms with E-state index in [1.807, 2.05) is 48.5 Å². The first-order valence-corrected chi connectivity index (χ1v) is 14.0. The van der Waals surface area contributed by atoms with Gasteiger partial charge < -0.3 is 15.8 Å². The number of nitrogen functional groups attached to an aromatic ring is 1. The lowest BCUT2D eigenvalue weighted by Crippen LogP contribution is -2.16. The van der Waals surface area contributed by atoms with E-state index in [-0.39, 0.29) is 5.91 Å². The van der Waals surface area contributed by atoms with Gasteiger partial charge in [0.25, 0.3) is 5.91 Å². The molecule has 1 aliphatic rings. The van der Waals surface area contributed by atoms with E-state index >= 15 is 0 Å². The molecule has 0 saturated carbocycles. The Balaban J connectivity index is 1.32. The molecule has 8 heteroatoms. The molecule has 1 unspecified atom stereocenters. The standard InChI is InChI=1S/C30H25N3O3S2/c1-36-30(35)24-20-13-12-19(17-8-4-2-5-9-17)16-23(20)37-29(24)33-27(34)26-25(31)21-14-15-22(32-28(21)38-26)18-10-6-3-7-11-18/h2-11,14-15,19H,12-13,16,31H2,1H3,(H,33,34). The fourth-order valence-electron chi connectivity index (χ4n) is 5.10. The van der Waals surface area contributed by atoms with Crippen molar-refractivity contribution in [1.29, 1.82) is 0 Å². The number of anilines is 2. The lowest BCUT2D eigenvalue weighted by atomic mass is 9.83. The van der Waals surface area contributed by atoms with E-state index in [0.29, 0.717) is 31.9 Å². The van der Waals surface area contributed by atoms with E-state index in [1.54, 1.807) is 0 Å². The van der Waals surface area contributed by atoms with Crippen LogP contribution in [-0.4, -0.2) is 24.0 Å². The molecule has 5 aromatic rings. The molecule has 0 fully saturated rings. The summed E-state index contributed by atoms with van der Waals surface area (Å²) in [5, 5.41) is 4.23. The fourth-order valence-corrected chi connectivity index (χ4v) is 7.40. The second-order valence-electron chi connectivity index (χ2n) is 9.26. The number of hydrogen-bond acceptors (Lipinski definition) is 7. The summed E-state index contributed by atoms with van der Waals surface area (Å²) >= 11 is 2.71. The molecule has 0 saturated heterocycles. The Kier molecular flexibility index (Phi) is 6.43. The highest BCUT2D eigenvalue weighted by atomic mass is 32.1. The smallest absolute Gasteiger partial charge is 0.341 e. The minimum atomic E-state index is -0.436. The summed E-state index contributed by atoms with van der Waals surface area (Å²) in [5.74, 6) is -0.413. The number of nitrogens with zero attached hydrogens (tertiary/aromatic N) is 1. The van der Waals surface area contributed by atoms with Crippen molar-refractivity contribution in [1.82, 2.24) is 4.98 Å². The maximum absolute atomic E-state index is 13.5. The van der Waals surface area contributed by atoms with Gasteiger partial charge in [-0.2, -0.15) is 0 Å². The Hall–Kier alpha value is -4.01. The minimum Gasteiger partial charge on any atom is -0.465 e. The number of hydrogen-bond donors (Lipinski definition) is 2. The number of esters is 1. The van der Waals surface area contributed by atoms with Crippen molar-refractivity contribution in [3.63, 3.8) is 0 Å². The van der Waals surface area contributed by atoms with Crippen LogP contribution in [0.1, 0.15) is 48.4 Å². The third kappa shape index (κ3) is 4.36. The minimum absolute atomic E-state index is 0.352. The molecule has 0 spiro atoms. The van der Waals surface area contributed by atoms with Crippen LogP contribution in [0.25, 0.3) is 21.5 Å². The van der Waals surface area contributed by atoms with Gasteiger partial charge in [0, 0.05) is 15.8 Å². The van der Waals surface area contributed by atoms with Crippen LogP contribution in [0.5, 0.6) is 0 Å². The van der Waals surface area contributed by atoms with Gasteiger partial charge in [0.2, 0.25) is 0 Å². The van der Waals surface area contributed by atoms with E-state index in [2.05, 4.69) is 29.6 Å². The number of ether oxygens (including phenoxy) is 1. The zero-order valence-electron chi connectivity index (χ0n) is 20.7. The first-order chi connectivity index (χ1) is 18.5. The zero-order chi connectivity index (χ0) is 26.2. The number of thiophene rings is 2. The summed E-state index contributed by atoms with van der Waals surface area (Å²) < 4.78 is 5.11. The van der Waals surface area contributed by atoms with Crippen molar-refractivity contribution in [3.8, 4) is 11.3 Å². The van der Waals surface area contributed by atoms with E-state index < -0.39 is 5.97 Å². The van der Waals surface area contributed by atoms with Crippen molar-refractivity contribution >= 4 is 55.5 Å². The van der Waals surface area contributed by atoms with E-state index in [9.17, 15) is 9.59 Å². The maximum Gasteiger partial charge on any atom is 0.341 e. The summed E-state index contributed by atoms with van der Waals surface area (Å²) in [4.78, 5) is 33.2. The van der Waals surface area contributed by atoms with Gasteiger partial charge in [0.05, 0.1) is 24.1 Å². The molecule has 0 radical (unpaired) electrons. The van der Waals surface area contributed by atoms with E-state index in [0.717, 1.165) is 46.3 Å². The van der Waals surface area contributed by atoms with Gasteiger partial charge in [-0.15, -0.1) is 22.7 Å². The molecule has 3 heterocycles. The Labute approximate surface area is 228 Å². The van der Waals surface area contributed by atoms with Crippen LogP contribution in [0.15, 0.2) is 72.8 Å². The zero-order valence-corrected chi connectivity index (χ0v) is 22.3. The molecule has 3 aromatic heterocycles. The Bertz CT molecular complexity index is 1660. The molecule has 3 N–H and O–H groups in total. The highest BCUT2D eigenvalue weighted by Gasteiger charge is 2.31. The number of aromatic nitrogens is 1. The van der Waals surface area contributed by atoms with Gasteiger partial charge >= 0.3 is 5.97 Å². The molecule has 1 atom stereocenters. The second-order valence-corrected chi connectivity index (χ2v) is 11.4. The summed E-state index contributed by atoms with van der Waals surface area (Å²) in [7, 11) is 1.37. The number of carbonyl (C=O) groups excluding carboxylic acids is 2. The number of rotatable bonds is 5. The molecule has 0 bridgehead atoms. The molecule has 1 amide bonds. The van der Waals surface area contributed by atoms with Crippen LogP contribution in [0.3, 0.4) is 0 Å². The molecule has 1 aliphatic carbocycles. The summed E-state index contributed by atoms with van der Waals surface area (Å²) in [6, 6.07) is 24.1. The number of fused-ring (bicyclic) bond motifs is 2. The Morgan fingerprint density at radius 2 is 1.74 bits per heavy atom. The molecule has 6 nitrogen and oxygen atoms in total. The molecule has 0 aliphatic heterocycles. The molecule has 190 valence electrons. The Morgan fingerprint density at radius 1 is 1.00 bits per heavy atom. The number of benzene rings is 2. The normalized spacial score (nSPS) is 14.7. The van der Waals surface area contributed by atoms with Crippen LogP contribution in [0.4, 0.5) is 10.7 Å². The predicted molar refractivity (Wildman–Crippen MR) is 154 cm³/mol. The SMILES string of the molecule is COC(=O)c1c(NC(=O)c2sc3nc(-c4ccccc4)ccc3c2N)sc2c1CCC(c1ccccc1)C2. The van der Waals surface area contributed by atoms with Crippen molar-refractivity contribution in [3.05, 3.63) is 99.2 Å². The molecule has 2 aromatic carbocycles. The van der Waals surface area contributed by atoms with Gasteiger partial charge in [-0.1, -0.05) is 60.7 Å². The first-order valence-electron chi connectivity index (χ1n) is 12.4. The van der Waals surface area contributed by atoms with Crippen LogP contribution in [0.2, 0.25) is 0 Å². The van der Waals surface area contributed by atoms with Gasteiger partial charge in [-0.25, -0.2) is 9.78 Å². The fraction of sp³-hybridized carbons (Fsp3) is 0.167. The van der Waals surface area contributed by atoms with Crippen LogP contribution >= 0.6 is 22.7 Å². The van der Waals surface area contributed by atoms with Crippen molar-refractivity contribution in [2.75, 3.05) is 18.2 Å². The van der Waals surface area contributed by atoms with Crippen LogP contribution in [-0.2, 0) is 17.6 Å². The number of amides is 1. The lowest BCUT2D eigenvalue weighted by molar-refractivity contribution is 0.0601. The molecular weight excluding hydrogens is 514 g/mol. The lowest BCUT2D eigenvalue weighted by Gasteiger charge is -2.22. The average Bonchev–Trinajstić information content (AvgIpc) is 3.49. The highest BCUT2D eigenvalue weighted by molar-refractivity contribution is 7.21. The average molecular weight is 540 g/mol. The van der Waals surface area contributed by atoms with Crippen molar-refractivity contribution in [2.24, 2.45) is 0 Å². The molecule has 38 heavy (non-hydrogen) atoms. The van der Waals surface area contributed by atoms with E-state index in [1.165, 1.54) is 35.3 Å². The number of carbonyl (C=O) groups is 2. The van der Waals surface area contributed by atoms with Gasteiger partial charge in [0.1, 0.15) is 14.7 Å². The third-order valence-corrected chi connectivity index (χ3v) is 9.31. The van der Waals surface area contributed by atoms with Crippen LogP contribution in [0, 0.1) is 0 Å². The summed E-state index contributed by atoms with van der Waals surface area (Å²) in [6.45, 7) is 0. The summed E-state index contributed by atoms with van der Waals surface area (Å²) in [5.41, 5.74) is 11.3. The molecular formula is C30H25N3O3S2. The number of methoxy groups -OCH3 is 1. The first kappa shape index (κ1) is 24.3. The quantitative estimate of drug-likeness (QED) is 0.237. The third-order valence-electron chi connectivity index (χ3n) is 7.02. The topological polar surface area (TPSA) is 94.3 Å². The second kappa shape index (κ2) is 10.0. The van der Waals surface area contributed by atoms with Crippen molar-refractivity contribution in [2.45, 2.75) is 25.2 Å².